The van der Waals surface area contributed by atoms with Crippen molar-refractivity contribution in [2.45, 2.75) is 13.3 Å². The molecule has 0 rings (SSSR count). The van der Waals surface area contributed by atoms with Crippen molar-refractivity contribution in [3.8, 4) is 0 Å². The van der Waals surface area contributed by atoms with Gasteiger partial charge < -0.3 is 5.73 Å². The second kappa shape index (κ2) is 10.7. The molecule has 10 heavy (non-hydrogen) atoms. The molecule has 0 heterocycles. The van der Waals surface area contributed by atoms with Crippen molar-refractivity contribution >= 4 is 5.91 Å². The third-order valence-corrected chi connectivity index (χ3v) is 0.516. The number of nitroso groups, excluding NO2 is 1. The highest BCUT2D eigenvalue weighted by molar-refractivity contribution is 5.84. The highest BCUT2D eigenvalue weighted by atomic mass is 16.3. The highest BCUT2D eigenvalue weighted by Crippen LogP contribution is 1.71. The summed E-state index contributed by atoms with van der Waals surface area (Å²) >= 11 is 0. The second-order valence-electron chi connectivity index (χ2n) is 1.46. The van der Waals surface area contributed by atoms with Gasteiger partial charge in [-0.3, -0.25) is 4.79 Å². The van der Waals surface area contributed by atoms with Crippen LogP contribution in [0.1, 0.15) is 13.3 Å². The third-order valence-electron chi connectivity index (χ3n) is 0.516. The molecule has 4 heteroatoms. The lowest BCUT2D eigenvalue weighted by Crippen LogP contribution is -2.04. The predicted octanol–water partition coefficient (Wildman–Crippen LogP) is 0.821. The molecule has 0 radical (unpaired) electrons. The van der Waals surface area contributed by atoms with Crippen LogP contribution in [0, 0.1) is 4.91 Å². The lowest BCUT2D eigenvalue weighted by molar-refractivity contribution is -0.113. The van der Waals surface area contributed by atoms with E-state index in [0.717, 1.165) is 12.5 Å². The van der Waals surface area contributed by atoms with Crippen LogP contribution in [0.15, 0.2) is 17.8 Å². The van der Waals surface area contributed by atoms with Crippen LogP contribution in [0.5, 0.6) is 0 Å². The Labute approximate surface area is 60.1 Å². The molecule has 2 N–H and O–H groups in total. The summed E-state index contributed by atoms with van der Waals surface area (Å²) < 4.78 is 0. The zero-order valence-electron chi connectivity index (χ0n) is 6.04. The standard InChI is InChI=1S/C3H7NO.C3H5NO/c1-2-3-4-5;1-2-3(4)5/h2-3H2,1H3;2H,1H2,(H2,4,5). The van der Waals surface area contributed by atoms with Gasteiger partial charge in [-0.25, -0.2) is 0 Å². The quantitative estimate of drug-likeness (QED) is 0.470. The number of nitrogens with zero attached hydrogens (tertiary/aromatic N) is 1. The maximum absolute atomic E-state index is 9.47. The third kappa shape index (κ3) is 29.1. The maximum Gasteiger partial charge on any atom is 0.240 e. The van der Waals surface area contributed by atoms with Gasteiger partial charge >= 0.3 is 0 Å². The van der Waals surface area contributed by atoms with Crippen molar-refractivity contribution < 1.29 is 4.79 Å². The molecule has 0 aliphatic heterocycles. The normalized spacial score (nSPS) is 6.90. The van der Waals surface area contributed by atoms with Crippen molar-refractivity contribution in [3.05, 3.63) is 17.6 Å². The Morgan fingerprint density at radius 1 is 1.80 bits per heavy atom. The Kier molecular flexibility index (Phi) is 12.4. The van der Waals surface area contributed by atoms with E-state index in [1.54, 1.807) is 0 Å². The first-order valence-corrected chi connectivity index (χ1v) is 2.90. The largest absolute Gasteiger partial charge is 0.366 e. The van der Waals surface area contributed by atoms with Crippen molar-refractivity contribution in [2.24, 2.45) is 10.9 Å². The molecule has 0 aliphatic rings. The van der Waals surface area contributed by atoms with E-state index in [0.29, 0.717) is 6.54 Å². The lowest BCUT2D eigenvalue weighted by Gasteiger charge is -1.68. The Bertz CT molecular complexity index is 112. The number of hydrogen-bond acceptors (Lipinski definition) is 3. The first kappa shape index (κ1) is 11.6. The topological polar surface area (TPSA) is 72.5 Å². The van der Waals surface area contributed by atoms with Gasteiger partial charge in [-0.15, -0.1) is 0 Å². The Hall–Kier alpha value is -1.19. The summed E-state index contributed by atoms with van der Waals surface area (Å²) in [5, 5.41) is 2.60. The summed E-state index contributed by atoms with van der Waals surface area (Å²) in [6.45, 7) is 5.46. The molecule has 4 nitrogen and oxygen atoms in total. The van der Waals surface area contributed by atoms with Gasteiger partial charge in [0.2, 0.25) is 5.91 Å². The molecule has 58 valence electrons. The molecule has 0 atom stereocenters. The van der Waals surface area contributed by atoms with Gasteiger partial charge in [0, 0.05) is 0 Å². The molecule has 0 aromatic rings. The fraction of sp³-hybridized carbons (Fsp3) is 0.500. The first-order valence-electron chi connectivity index (χ1n) is 2.90. The van der Waals surface area contributed by atoms with Gasteiger partial charge in [0.25, 0.3) is 0 Å². The van der Waals surface area contributed by atoms with Crippen molar-refractivity contribution in [1.29, 1.82) is 0 Å². The van der Waals surface area contributed by atoms with Gasteiger partial charge in [0.15, 0.2) is 0 Å². The average Bonchev–Trinajstić information content (AvgIpc) is 1.91. The van der Waals surface area contributed by atoms with E-state index in [1.165, 1.54) is 0 Å². The molecule has 0 spiro atoms. The fourth-order valence-corrected chi connectivity index (χ4v) is 0.0913. The summed E-state index contributed by atoms with van der Waals surface area (Å²) in [5.41, 5.74) is 4.53. The SMILES string of the molecule is C=CC(N)=O.CCCN=O. The first-order chi connectivity index (χ1) is 4.68. The molecule has 0 saturated carbocycles. The molecule has 0 unspecified atom stereocenters. The van der Waals surface area contributed by atoms with Crippen molar-refractivity contribution in [2.75, 3.05) is 6.54 Å². The van der Waals surface area contributed by atoms with Gasteiger partial charge in [-0.05, 0) is 12.5 Å². The zero-order valence-corrected chi connectivity index (χ0v) is 6.04. The summed E-state index contributed by atoms with van der Waals surface area (Å²) in [7, 11) is 0. The van der Waals surface area contributed by atoms with Crippen LogP contribution in [-0.4, -0.2) is 12.5 Å². The molecule has 1 amide bonds. The van der Waals surface area contributed by atoms with Crippen LogP contribution in [0.4, 0.5) is 0 Å². The van der Waals surface area contributed by atoms with Crippen LogP contribution in [0.3, 0.4) is 0 Å². The number of carbonyl (C=O) groups excluding carboxylic acids is 1. The van der Waals surface area contributed by atoms with Crippen LogP contribution in [0.25, 0.3) is 0 Å². The van der Waals surface area contributed by atoms with E-state index < -0.39 is 5.91 Å². The molecular formula is C6H12N2O2. The minimum atomic E-state index is -0.481. The summed E-state index contributed by atoms with van der Waals surface area (Å²) in [6.07, 6.45) is 1.92. The lowest BCUT2D eigenvalue weighted by atomic mass is 10.5. The van der Waals surface area contributed by atoms with E-state index in [4.69, 9.17) is 4.91 Å². The average molecular weight is 144 g/mol. The Morgan fingerprint density at radius 3 is 2.20 bits per heavy atom. The molecule has 0 aliphatic carbocycles. The molecule has 0 aromatic carbocycles. The Morgan fingerprint density at radius 2 is 2.20 bits per heavy atom. The molecule has 0 saturated heterocycles. The van der Waals surface area contributed by atoms with Crippen LogP contribution in [-0.2, 0) is 4.79 Å². The number of hydrogen-bond donors (Lipinski definition) is 1. The number of nitrogens with two attached hydrogens (primary N) is 1. The monoisotopic (exact) mass is 144 g/mol. The van der Waals surface area contributed by atoms with Gasteiger partial charge in [-0.2, -0.15) is 4.91 Å². The predicted molar refractivity (Wildman–Crippen MR) is 40.3 cm³/mol. The highest BCUT2D eigenvalue weighted by Gasteiger charge is 1.69. The molecule has 0 bridgehead atoms. The van der Waals surface area contributed by atoms with E-state index in [2.05, 4.69) is 17.5 Å². The molecule has 0 fully saturated rings. The van der Waals surface area contributed by atoms with E-state index in [9.17, 15) is 4.79 Å². The van der Waals surface area contributed by atoms with E-state index in [-0.39, 0.29) is 0 Å². The minimum Gasteiger partial charge on any atom is -0.366 e. The van der Waals surface area contributed by atoms with Crippen molar-refractivity contribution in [1.82, 2.24) is 0 Å². The number of rotatable bonds is 3. The van der Waals surface area contributed by atoms with Gasteiger partial charge in [-0.1, -0.05) is 18.7 Å². The summed E-state index contributed by atoms with van der Waals surface area (Å²) in [6, 6.07) is 0. The molecule has 0 aromatic heterocycles. The van der Waals surface area contributed by atoms with Gasteiger partial charge in [0.1, 0.15) is 0 Å². The minimum absolute atomic E-state index is 0.458. The Balaban J connectivity index is 0. The van der Waals surface area contributed by atoms with Crippen LogP contribution < -0.4 is 5.73 Å². The summed E-state index contributed by atoms with van der Waals surface area (Å²) in [5.74, 6) is -0.481. The van der Waals surface area contributed by atoms with Crippen LogP contribution >= 0.6 is 0 Å². The smallest absolute Gasteiger partial charge is 0.240 e. The number of primary amides is 1. The second-order valence-corrected chi connectivity index (χ2v) is 1.46. The summed E-state index contributed by atoms with van der Waals surface area (Å²) in [4.78, 5) is 18.6. The molecular weight excluding hydrogens is 132 g/mol. The fourth-order valence-electron chi connectivity index (χ4n) is 0.0913. The number of carbonyl (C=O) groups is 1. The number of amides is 1. The van der Waals surface area contributed by atoms with E-state index in [1.807, 2.05) is 6.92 Å². The zero-order chi connectivity index (χ0) is 8.41. The van der Waals surface area contributed by atoms with E-state index >= 15 is 0 Å². The maximum atomic E-state index is 9.47. The van der Waals surface area contributed by atoms with Gasteiger partial charge in [0.05, 0.1) is 6.54 Å². The van der Waals surface area contributed by atoms with Crippen molar-refractivity contribution in [3.63, 3.8) is 0 Å². The van der Waals surface area contributed by atoms with Crippen LogP contribution in [0.2, 0.25) is 0 Å².